The van der Waals surface area contributed by atoms with Crippen molar-refractivity contribution in [3.8, 4) is 0 Å². The molecule has 2 aliphatic rings. The van der Waals surface area contributed by atoms with Gasteiger partial charge in [-0.3, -0.25) is 19.3 Å². The molecule has 0 aromatic carbocycles. The highest BCUT2D eigenvalue weighted by Gasteiger charge is 2.54. The molecule has 1 saturated heterocycles. The van der Waals surface area contributed by atoms with Gasteiger partial charge in [-0.1, -0.05) is 16.5 Å². The molecular weight excluding hydrogens is 490 g/mol. The van der Waals surface area contributed by atoms with E-state index in [0.29, 0.717) is 10.2 Å². The van der Waals surface area contributed by atoms with Gasteiger partial charge in [0, 0.05) is 5.25 Å². The van der Waals surface area contributed by atoms with Gasteiger partial charge >= 0.3 is 5.97 Å². The summed E-state index contributed by atoms with van der Waals surface area (Å²) in [4.78, 5) is 57.3. The number of anilines is 1. The number of carboxylic acid groups (broad SMARTS) is 1. The van der Waals surface area contributed by atoms with Crippen LogP contribution in [0.1, 0.15) is 12.6 Å². The molecule has 11 nitrogen and oxygen atoms in total. The largest absolute Gasteiger partial charge is 0.477 e. The maximum absolute atomic E-state index is 12.8. The number of β-lactam (4-membered cyclic amide) rings is 1. The first kappa shape index (κ1) is 21.3. The molecule has 3 atom stereocenters. The molecular formula is C15H14BrN5O6S2. The van der Waals surface area contributed by atoms with Gasteiger partial charge in [0.05, 0.1) is 0 Å². The third-order valence-electron chi connectivity index (χ3n) is 3.95. The number of rotatable bonds is 7. The highest BCUT2D eigenvalue weighted by molar-refractivity contribution is 9.11. The van der Waals surface area contributed by atoms with E-state index in [-0.39, 0.29) is 27.5 Å². The topological polar surface area (TPSA) is 150 Å². The number of thiazole rings is 1. The quantitative estimate of drug-likeness (QED) is 0.211. The second-order valence-corrected chi connectivity index (χ2v) is 9.59. The third kappa shape index (κ3) is 4.00. The SMILES string of the molecule is CO/N=C(\C(=O)NC1C(=O)N2C(C(=O)O)=CC(C)S[C@H]12)c1nc(NC=O)sc1Br. The summed E-state index contributed by atoms with van der Waals surface area (Å²) in [5.74, 6) is -2.47. The number of nitrogens with zero attached hydrogens (tertiary/aromatic N) is 3. The van der Waals surface area contributed by atoms with Gasteiger partial charge in [-0.25, -0.2) is 9.78 Å². The van der Waals surface area contributed by atoms with Crippen LogP contribution in [-0.4, -0.2) is 68.7 Å². The summed E-state index contributed by atoms with van der Waals surface area (Å²) in [5, 5.41) is 17.5. The Morgan fingerprint density at radius 2 is 2.21 bits per heavy atom. The molecule has 154 valence electrons. The van der Waals surface area contributed by atoms with Gasteiger partial charge in [0.2, 0.25) is 6.41 Å². The Morgan fingerprint density at radius 1 is 1.48 bits per heavy atom. The van der Waals surface area contributed by atoms with Crippen molar-refractivity contribution in [3.05, 3.63) is 21.3 Å². The number of carbonyl (C=O) groups is 4. The highest BCUT2D eigenvalue weighted by atomic mass is 79.9. The molecule has 3 N–H and O–H groups in total. The highest BCUT2D eigenvalue weighted by Crippen LogP contribution is 2.40. The lowest BCUT2D eigenvalue weighted by Gasteiger charge is -2.49. The van der Waals surface area contributed by atoms with E-state index in [0.717, 1.165) is 16.2 Å². The van der Waals surface area contributed by atoms with Gasteiger partial charge in [0.15, 0.2) is 10.8 Å². The zero-order valence-electron chi connectivity index (χ0n) is 14.9. The lowest BCUT2D eigenvalue weighted by atomic mass is 10.0. The Balaban J connectivity index is 1.81. The van der Waals surface area contributed by atoms with Crippen LogP contribution in [0.5, 0.6) is 0 Å². The fraction of sp³-hybridized carbons (Fsp3) is 0.333. The molecule has 0 spiro atoms. The van der Waals surface area contributed by atoms with Crippen molar-refractivity contribution in [2.24, 2.45) is 5.16 Å². The van der Waals surface area contributed by atoms with Crippen LogP contribution >= 0.6 is 39.0 Å². The van der Waals surface area contributed by atoms with Crippen molar-refractivity contribution < 1.29 is 29.1 Å². The number of aliphatic carboxylic acids is 1. The first-order chi connectivity index (χ1) is 13.8. The number of nitrogens with one attached hydrogen (secondary N) is 2. The number of amides is 3. The van der Waals surface area contributed by atoms with Gasteiger partial charge in [-0.05, 0) is 28.9 Å². The van der Waals surface area contributed by atoms with Crippen molar-refractivity contribution >= 4 is 74.1 Å². The molecule has 14 heteroatoms. The van der Waals surface area contributed by atoms with Crippen LogP contribution in [0.2, 0.25) is 0 Å². The second kappa shape index (κ2) is 8.51. The zero-order valence-corrected chi connectivity index (χ0v) is 18.1. The van der Waals surface area contributed by atoms with E-state index in [9.17, 15) is 24.3 Å². The molecule has 0 aliphatic carbocycles. The lowest BCUT2D eigenvalue weighted by molar-refractivity contribution is -0.150. The van der Waals surface area contributed by atoms with Gasteiger partial charge in [0.25, 0.3) is 11.8 Å². The Morgan fingerprint density at radius 3 is 2.83 bits per heavy atom. The third-order valence-corrected chi connectivity index (χ3v) is 6.91. The number of halogens is 1. The minimum atomic E-state index is -1.21. The van der Waals surface area contributed by atoms with Crippen molar-refractivity contribution in [2.45, 2.75) is 23.6 Å². The van der Waals surface area contributed by atoms with Crippen LogP contribution in [-0.2, 0) is 24.0 Å². The summed E-state index contributed by atoms with van der Waals surface area (Å²) in [7, 11) is 1.25. The smallest absolute Gasteiger partial charge is 0.352 e. The summed E-state index contributed by atoms with van der Waals surface area (Å²) in [6, 6.07) is -0.926. The summed E-state index contributed by atoms with van der Waals surface area (Å²) < 4.78 is 0.422. The molecule has 3 amide bonds. The van der Waals surface area contributed by atoms with Gasteiger partial charge in [-0.2, -0.15) is 0 Å². The molecule has 3 rings (SSSR count). The van der Waals surface area contributed by atoms with E-state index in [4.69, 9.17) is 4.84 Å². The number of carbonyl (C=O) groups excluding carboxylic acids is 3. The van der Waals surface area contributed by atoms with Crippen LogP contribution in [0.4, 0.5) is 5.13 Å². The molecule has 1 aromatic heterocycles. The number of aromatic nitrogens is 1. The van der Waals surface area contributed by atoms with Gasteiger partial charge < -0.3 is 20.6 Å². The fourth-order valence-corrected chi connectivity index (χ4v) is 5.50. The Bertz CT molecular complexity index is 948. The van der Waals surface area contributed by atoms with Crippen LogP contribution in [0.15, 0.2) is 20.7 Å². The van der Waals surface area contributed by atoms with E-state index in [1.807, 2.05) is 0 Å². The minimum absolute atomic E-state index is 0.102. The Kier molecular flexibility index (Phi) is 6.24. The summed E-state index contributed by atoms with van der Waals surface area (Å²) in [5.41, 5.74) is -0.184. The molecule has 3 heterocycles. The fourth-order valence-electron chi connectivity index (χ4n) is 2.78. The van der Waals surface area contributed by atoms with Crippen molar-refractivity contribution in [1.82, 2.24) is 15.2 Å². The zero-order chi connectivity index (χ0) is 21.3. The second-order valence-electron chi connectivity index (χ2n) is 5.77. The number of thioether (sulfide) groups is 1. The molecule has 0 radical (unpaired) electrons. The Labute approximate surface area is 180 Å². The van der Waals surface area contributed by atoms with Crippen LogP contribution in [0.25, 0.3) is 0 Å². The van der Waals surface area contributed by atoms with Crippen molar-refractivity contribution in [3.63, 3.8) is 0 Å². The van der Waals surface area contributed by atoms with E-state index < -0.39 is 29.2 Å². The molecule has 1 fully saturated rings. The summed E-state index contributed by atoms with van der Waals surface area (Å²) in [6.07, 6.45) is 1.93. The van der Waals surface area contributed by atoms with Crippen LogP contribution in [0, 0.1) is 0 Å². The predicted molar refractivity (Wildman–Crippen MR) is 108 cm³/mol. The van der Waals surface area contributed by atoms with E-state index in [1.165, 1.54) is 24.9 Å². The molecule has 2 unspecified atom stereocenters. The average Bonchev–Trinajstić information content (AvgIpc) is 3.03. The summed E-state index contributed by atoms with van der Waals surface area (Å²) >= 11 is 5.67. The lowest BCUT2D eigenvalue weighted by Crippen LogP contribution is -2.71. The number of hydrogen-bond acceptors (Lipinski definition) is 9. The normalized spacial score (nSPS) is 23.5. The standard InChI is InChI=1S/C15H14BrN5O6S2/c1-5-3-6(14(25)26)21-12(24)9(13(21)28-5)18-11(23)8(20-27-2)7-10(16)29-15(19-7)17-4-22/h3-5,9,13H,1-2H3,(H,18,23)(H,25,26)(H,17,19,22)/b20-8-/t5?,9?,13-/m1/s1. The molecule has 1 aromatic rings. The van der Waals surface area contributed by atoms with E-state index >= 15 is 0 Å². The monoisotopic (exact) mass is 503 g/mol. The number of fused-ring (bicyclic) bond motifs is 1. The van der Waals surface area contributed by atoms with Gasteiger partial charge in [-0.15, -0.1) is 11.8 Å². The molecule has 0 saturated carbocycles. The van der Waals surface area contributed by atoms with Crippen molar-refractivity contribution in [2.75, 3.05) is 12.4 Å². The van der Waals surface area contributed by atoms with Crippen LogP contribution < -0.4 is 10.6 Å². The minimum Gasteiger partial charge on any atom is -0.477 e. The summed E-state index contributed by atoms with van der Waals surface area (Å²) in [6.45, 7) is 1.80. The number of hydrogen-bond donors (Lipinski definition) is 3. The predicted octanol–water partition coefficient (Wildman–Crippen LogP) is 0.581. The van der Waals surface area contributed by atoms with E-state index in [2.05, 4.69) is 36.7 Å². The maximum Gasteiger partial charge on any atom is 0.352 e. The number of oxime groups is 1. The van der Waals surface area contributed by atoms with Gasteiger partial charge in [0.1, 0.15) is 33.7 Å². The molecule has 2 aliphatic heterocycles. The number of carboxylic acids is 1. The van der Waals surface area contributed by atoms with Crippen LogP contribution in [0.3, 0.4) is 0 Å². The maximum atomic E-state index is 12.8. The molecule has 0 bridgehead atoms. The Hall–Kier alpha value is -2.45. The first-order valence-corrected chi connectivity index (χ1v) is 10.6. The molecule has 29 heavy (non-hydrogen) atoms. The van der Waals surface area contributed by atoms with Crippen molar-refractivity contribution in [1.29, 1.82) is 0 Å². The first-order valence-electron chi connectivity index (χ1n) is 8.01. The average molecular weight is 504 g/mol. The van der Waals surface area contributed by atoms with E-state index in [1.54, 1.807) is 6.92 Å².